The van der Waals surface area contributed by atoms with Crippen molar-refractivity contribution in [2.45, 2.75) is 58.9 Å². The largest absolute Gasteiger partial charge is 0.496 e. The topological polar surface area (TPSA) is 34.2 Å². The first-order valence-corrected chi connectivity index (χ1v) is 7.89. The summed E-state index contributed by atoms with van der Waals surface area (Å²) in [4.78, 5) is 4.67. The normalized spacial score (nSPS) is 22.8. The molecule has 1 aromatic rings. The molecule has 112 valence electrons. The number of hydrogen-bond acceptors (Lipinski definition) is 3. The van der Waals surface area contributed by atoms with Gasteiger partial charge in [0.05, 0.1) is 7.11 Å². The van der Waals surface area contributed by atoms with Gasteiger partial charge in [-0.05, 0) is 45.6 Å². The maximum atomic E-state index is 5.52. The summed E-state index contributed by atoms with van der Waals surface area (Å²) in [6, 6.07) is 0.655. The highest BCUT2D eigenvalue weighted by molar-refractivity contribution is 5.41. The first kappa shape index (κ1) is 15.3. The molecule has 0 radical (unpaired) electrons. The summed E-state index contributed by atoms with van der Waals surface area (Å²) >= 11 is 0. The van der Waals surface area contributed by atoms with Gasteiger partial charge in [0, 0.05) is 29.1 Å². The van der Waals surface area contributed by atoms with E-state index in [9.17, 15) is 0 Å². The summed E-state index contributed by atoms with van der Waals surface area (Å²) in [6.07, 6.45) is 8.36. The number of methoxy groups -OCH3 is 1. The standard InChI is InChI=1S/C17H28N2O/c1-5-18-15-9-7-6-8-14(15)10-16-13(3)17(20-4)12(2)11-19-16/h11,14-15,18H,5-10H2,1-4H3. The Labute approximate surface area is 123 Å². The van der Waals surface area contributed by atoms with Crippen LogP contribution in [0.15, 0.2) is 6.20 Å². The quantitative estimate of drug-likeness (QED) is 0.895. The zero-order valence-electron chi connectivity index (χ0n) is 13.3. The number of nitrogens with zero attached hydrogens (tertiary/aromatic N) is 1. The summed E-state index contributed by atoms with van der Waals surface area (Å²) in [5, 5.41) is 3.66. The lowest BCUT2D eigenvalue weighted by atomic mass is 9.81. The van der Waals surface area contributed by atoms with Gasteiger partial charge in [0.2, 0.25) is 0 Å². The number of ether oxygens (including phenoxy) is 1. The fourth-order valence-corrected chi connectivity index (χ4v) is 3.51. The Hall–Kier alpha value is -1.09. The van der Waals surface area contributed by atoms with Gasteiger partial charge >= 0.3 is 0 Å². The number of aromatic nitrogens is 1. The van der Waals surface area contributed by atoms with Crippen molar-refractivity contribution >= 4 is 0 Å². The smallest absolute Gasteiger partial charge is 0.128 e. The Morgan fingerprint density at radius 2 is 2.05 bits per heavy atom. The van der Waals surface area contributed by atoms with Gasteiger partial charge in [-0.15, -0.1) is 0 Å². The van der Waals surface area contributed by atoms with E-state index in [1.165, 1.54) is 36.9 Å². The van der Waals surface area contributed by atoms with Crippen LogP contribution in [-0.4, -0.2) is 24.7 Å². The molecule has 0 aliphatic heterocycles. The monoisotopic (exact) mass is 276 g/mol. The Bertz CT molecular complexity index is 443. The Kier molecular flexibility index (Phi) is 5.41. The molecule has 0 amide bonds. The third-order valence-electron chi connectivity index (χ3n) is 4.58. The lowest BCUT2D eigenvalue weighted by Crippen LogP contribution is -2.39. The minimum absolute atomic E-state index is 0.655. The van der Waals surface area contributed by atoms with E-state index in [0.717, 1.165) is 24.3 Å². The van der Waals surface area contributed by atoms with E-state index in [1.807, 2.05) is 6.20 Å². The van der Waals surface area contributed by atoms with Crippen LogP contribution in [0, 0.1) is 19.8 Å². The molecule has 2 atom stereocenters. The van der Waals surface area contributed by atoms with Crippen LogP contribution in [0.3, 0.4) is 0 Å². The molecule has 1 fully saturated rings. The summed E-state index contributed by atoms with van der Waals surface area (Å²) in [7, 11) is 1.75. The lowest BCUT2D eigenvalue weighted by Gasteiger charge is -2.32. The Balaban J connectivity index is 2.16. The summed E-state index contributed by atoms with van der Waals surface area (Å²) < 4.78 is 5.52. The number of nitrogens with one attached hydrogen (secondary N) is 1. The summed E-state index contributed by atoms with van der Waals surface area (Å²) in [5.74, 6) is 1.72. The molecule has 0 aromatic carbocycles. The van der Waals surface area contributed by atoms with E-state index in [0.29, 0.717) is 12.0 Å². The molecule has 20 heavy (non-hydrogen) atoms. The number of pyridine rings is 1. The van der Waals surface area contributed by atoms with Crippen LogP contribution in [0.4, 0.5) is 0 Å². The van der Waals surface area contributed by atoms with Crippen LogP contribution in [0.5, 0.6) is 5.75 Å². The second kappa shape index (κ2) is 7.07. The van der Waals surface area contributed by atoms with Gasteiger partial charge in [0.1, 0.15) is 5.75 Å². The molecule has 0 saturated heterocycles. The molecule has 1 N–H and O–H groups in total. The Morgan fingerprint density at radius 3 is 2.75 bits per heavy atom. The molecular weight excluding hydrogens is 248 g/mol. The average molecular weight is 276 g/mol. The third-order valence-corrected chi connectivity index (χ3v) is 4.58. The second-order valence-electron chi connectivity index (χ2n) is 5.96. The molecule has 3 heteroatoms. The van der Waals surface area contributed by atoms with E-state index in [2.05, 4.69) is 31.1 Å². The molecular formula is C17H28N2O. The molecule has 2 rings (SSSR count). The van der Waals surface area contributed by atoms with Crippen molar-refractivity contribution in [3.8, 4) is 5.75 Å². The van der Waals surface area contributed by atoms with Gasteiger partial charge in [0.15, 0.2) is 0 Å². The van der Waals surface area contributed by atoms with Crippen molar-refractivity contribution in [1.29, 1.82) is 0 Å². The van der Waals surface area contributed by atoms with E-state index in [-0.39, 0.29) is 0 Å². The first-order chi connectivity index (χ1) is 9.67. The van der Waals surface area contributed by atoms with Crippen molar-refractivity contribution in [1.82, 2.24) is 10.3 Å². The van der Waals surface area contributed by atoms with E-state index < -0.39 is 0 Å². The predicted molar refractivity (Wildman–Crippen MR) is 83.4 cm³/mol. The van der Waals surface area contributed by atoms with Gasteiger partial charge in [0.25, 0.3) is 0 Å². The second-order valence-corrected chi connectivity index (χ2v) is 5.96. The van der Waals surface area contributed by atoms with E-state index >= 15 is 0 Å². The number of rotatable bonds is 5. The minimum Gasteiger partial charge on any atom is -0.496 e. The number of aryl methyl sites for hydroxylation is 1. The molecule has 1 aliphatic rings. The zero-order valence-corrected chi connectivity index (χ0v) is 13.3. The fourth-order valence-electron chi connectivity index (χ4n) is 3.51. The van der Waals surface area contributed by atoms with Crippen molar-refractivity contribution in [3.63, 3.8) is 0 Å². The van der Waals surface area contributed by atoms with Gasteiger partial charge in [-0.2, -0.15) is 0 Å². The molecule has 0 bridgehead atoms. The van der Waals surface area contributed by atoms with Crippen LogP contribution in [-0.2, 0) is 6.42 Å². The van der Waals surface area contributed by atoms with Crippen LogP contribution < -0.4 is 10.1 Å². The van der Waals surface area contributed by atoms with E-state index in [1.54, 1.807) is 7.11 Å². The van der Waals surface area contributed by atoms with Gasteiger partial charge in [-0.3, -0.25) is 4.98 Å². The molecule has 0 spiro atoms. The van der Waals surface area contributed by atoms with Crippen molar-refractivity contribution < 1.29 is 4.74 Å². The fraction of sp³-hybridized carbons (Fsp3) is 0.706. The van der Waals surface area contributed by atoms with Crippen molar-refractivity contribution in [3.05, 3.63) is 23.0 Å². The van der Waals surface area contributed by atoms with E-state index in [4.69, 9.17) is 4.74 Å². The molecule has 1 aromatic heterocycles. The maximum Gasteiger partial charge on any atom is 0.128 e. The lowest BCUT2D eigenvalue weighted by molar-refractivity contribution is 0.262. The van der Waals surface area contributed by atoms with Crippen LogP contribution >= 0.6 is 0 Å². The van der Waals surface area contributed by atoms with Crippen LogP contribution in [0.2, 0.25) is 0 Å². The average Bonchev–Trinajstić information content (AvgIpc) is 2.45. The first-order valence-electron chi connectivity index (χ1n) is 7.89. The summed E-state index contributed by atoms with van der Waals surface area (Å²) in [5.41, 5.74) is 3.55. The highest BCUT2D eigenvalue weighted by atomic mass is 16.5. The third kappa shape index (κ3) is 3.32. The van der Waals surface area contributed by atoms with Gasteiger partial charge < -0.3 is 10.1 Å². The van der Waals surface area contributed by atoms with Crippen LogP contribution in [0.1, 0.15) is 49.4 Å². The molecule has 3 nitrogen and oxygen atoms in total. The molecule has 1 saturated carbocycles. The highest BCUT2D eigenvalue weighted by Crippen LogP contribution is 2.31. The molecule has 1 heterocycles. The van der Waals surface area contributed by atoms with Crippen molar-refractivity contribution in [2.75, 3.05) is 13.7 Å². The highest BCUT2D eigenvalue weighted by Gasteiger charge is 2.25. The number of hydrogen-bond donors (Lipinski definition) is 1. The van der Waals surface area contributed by atoms with Gasteiger partial charge in [-0.25, -0.2) is 0 Å². The molecule has 2 unspecified atom stereocenters. The SMILES string of the molecule is CCNC1CCCCC1Cc1ncc(C)c(OC)c1C. The Morgan fingerprint density at radius 1 is 1.30 bits per heavy atom. The molecule has 1 aliphatic carbocycles. The zero-order chi connectivity index (χ0) is 14.5. The predicted octanol–water partition coefficient (Wildman–Crippen LogP) is 3.42. The maximum absolute atomic E-state index is 5.52. The summed E-state index contributed by atoms with van der Waals surface area (Å²) in [6.45, 7) is 7.46. The minimum atomic E-state index is 0.655. The van der Waals surface area contributed by atoms with Crippen molar-refractivity contribution in [2.24, 2.45) is 5.92 Å². The van der Waals surface area contributed by atoms with Crippen LogP contribution in [0.25, 0.3) is 0 Å². The van der Waals surface area contributed by atoms with Gasteiger partial charge in [-0.1, -0.05) is 19.8 Å².